The van der Waals surface area contributed by atoms with E-state index < -0.39 is 0 Å². The molecule has 0 aromatic carbocycles. The maximum absolute atomic E-state index is 5.57. The molecule has 0 saturated carbocycles. The zero-order chi connectivity index (χ0) is 12.8. The highest BCUT2D eigenvalue weighted by Crippen LogP contribution is 2.09. The highest BCUT2D eigenvalue weighted by Gasteiger charge is 2.01. The van der Waals surface area contributed by atoms with Crippen LogP contribution in [0.1, 0.15) is 11.3 Å². The van der Waals surface area contributed by atoms with Crippen molar-refractivity contribution in [3.63, 3.8) is 0 Å². The van der Waals surface area contributed by atoms with Gasteiger partial charge in [0.05, 0.1) is 0 Å². The van der Waals surface area contributed by atoms with Crippen molar-refractivity contribution in [1.82, 2.24) is 14.7 Å². The van der Waals surface area contributed by atoms with Crippen LogP contribution in [0, 0.1) is 0 Å². The number of rotatable bonds is 7. The number of thiophene rings is 1. The predicted octanol–water partition coefficient (Wildman–Crippen LogP) is 2.09. The fourth-order valence-corrected chi connectivity index (χ4v) is 2.57. The minimum Gasteiger partial charge on any atom is -0.382 e. The van der Waals surface area contributed by atoms with Gasteiger partial charge in [-0.15, -0.1) is 11.3 Å². The molecule has 2 rings (SSSR count). The van der Waals surface area contributed by atoms with Crippen molar-refractivity contribution in [1.29, 1.82) is 0 Å². The Hall–Kier alpha value is -1.33. The summed E-state index contributed by atoms with van der Waals surface area (Å²) in [6, 6.07) is 6.15. The zero-order valence-electron chi connectivity index (χ0n) is 10.7. The molecule has 2 aromatic heterocycles. The Bertz CT molecular complexity index is 449. The molecule has 2 aromatic rings. The van der Waals surface area contributed by atoms with E-state index in [0.717, 1.165) is 32.5 Å². The van der Waals surface area contributed by atoms with Gasteiger partial charge in [-0.1, -0.05) is 6.07 Å². The number of hydrogen-bond donors (Lipinski definition) is 1. The van der Waals surface area contributed by atoms with E-state index in [-0.39, 0.29) is 0 Å². The molecule has 0 aliphatic heterocycles. The normalized spacial score (nSPS) is 11.2. The Morgan fingerprint density at radius 1 is 1.39 bits per heavy atom. The Kier molecular flexibility index (Phi) is 4.78. The average Bonchev–Trinajstić information content (AvgIpc) is 2.98. The fraction of sp³-hybridized carbons (Fsp3) is 0.462. The van der Waals surface area contributed by atoms with E-state index in [4.69, 9.17) is 5.73 Å². The first kappa shape index (κ1) is 13.1. The first-order valence-electron chi connectivity index (χ1n) is 6.24. The van der Waals surface area contributed by atoms with E-state index in [1.54, 1.807) is 0 Å². The minimum absolute atomic E-state index is 0.598. The second kappa shape index (κ2) is 6.56. The molecular formula is C13H20N4S. The van der Waals surface area contributed by atoms with Gasteiger partial charge in [-0.25, -0.2) is 0 Å². The molecule has 2 N–H and O–H groups in total. The van der Waals surface area contributed by atoms with Crippen molar-refractivity contribution in [2.75, 3.05) is 25.9 Å². The summed E-state index contributed by atoms with van der Waals surface area (Å²) >= 11 is 1.83. The summed E-state index contributed by atoms with van der Waals surface area (Å²) in [4.78, 5) is 3.83. The molecule has 0 aliphatic rings. The smallest absolute Gasteiger partial charge is 0.145 e. The summed E-state index contributed by atoms with van der Waals surface area (Å²) in [7, 11) is 2.17. The van der Waals surface area contributed by atoms with E-state index in [2.05, 4.69) is 34.6 Å². The number of likely N-dealkylation sites (N-methyl/N-ethyl adjacent to an activating group) is 1. The van der Waals surface area contributed by atoms with Crippen LogP contribution in [0.3, 0.4) is 0 Å². The van der Waals surface area contributed by atoms with Crippen molar-refractivity contribution in [2.45, 2.75) is 19.4 Å². The van der Waals surface area contributed by atoms with Crippen molar-refractivity contribution < 1.29 is 0 Å². The van der Waals surface area contributed by atoms with Gasteiger partial charge in [0, 0.05) is 24.2 Å². The average molecular weight is 264 g/mol. The van der Waals surface area contributed by atoms with Crippen LogP contribution in [-0.2, 0) is 13.0 Å². The van der Waals surface area contributed by atoms with Crippen molar-refractivity contribution in [3.05, 3.63) is 34.7 Å². The first-order valence-corrected chi connectivity index (χ1v) is 7.12. The lowest BCUT2D eigenvalue weighted by Gasteiger charge is -2.15. The van der Waals surface area contributed by atoms with Crippen LogP contribution < -0.4 is 5.73 Å². The Morgan fingerprint density at radius 3 is 2.94 bits per heavy atom. The molecule has 5 heteroatoms. The third kappa shape index (κ3) is 4.16. The monoisotopic (exact) mass is 264 g/mol. The zero-order valence-corrected chi connectivity index (χ0v) is 11.6. The van der Waals surface area contributed by atoms with E-state index >= 15 is 0 Å². The summed E-state index contributed by atoms with van der Waals surface area (Å²) in [5, 5.41) is 6.31. The van der Waals surface area contributed by atoms with Crippen LogP contribution in [0.15, 0.2) is 29.8 Å². The van der Waals surface area contributed by atoms with Gasteiger partial charge in [-0.2, -0.15) is 5.10 Å². The molecule has 0 fully saturated rings. The molecule has 0 atom stereocenters. The van der Waals surface area contributed by atoms with E-state index in [1.807, 2.05) is 28.3 Å². The molecule has 2 heterocycles. The van der Waals surface area contributed by atoms with E-state index in [9.17, 15) is 0 Å². The van der Waals surface area contributed by atoms with Gasteiger partial charge >= 0.3 is 0 Å². The van der Waals surface area contributed by atoms with Gasteiger partial charge < -0.3 is 10.6 Å². The highest BCUT2D eigenvalue weighted by atomic mass is 32.1. The molecule has 0 saturated heterocycles. The second-order valence-electron chi connectivity index (χ2n) is 4.49. The van der Waals surface area contributed by atoms with Crippen molar-refractivity contribution in [2.24, 2.45) is 0 Å². The van der Waals surface area contributed by atoms with Crippen molar-refractivity contribution >= 4 is 17.2 Å². The van der Waals surface area contributed by atoms with Crippen LogP contribution in [0.4, 0.5) is 5.82 Å². The standard InChI is InChI=1S/C13H20N4S/c1-16(9-5-12-4-2-11-18-12)7-3-8-17-10-6-13(14)15-17/h2,4,6,10-11H,3,5,7-9H2,1H3,(H2,14,15). The molecule has 98 valence electrons. The van der Waals surface area contributed by atoms with Gasteiger partial charge in [0.15, 0.2) is 0 Å². The highest BCUT2D eigenvalue weighted by molar-refractivity contribution is 7.09. The molecule has 0 bridgehead atoms. The van der Waals surface area contributed by atoms with Crippen LogP contribution in [0.5, 0.6) is 0 Å². The lowest BCUT2D eigenvalue weighted by atomic mass is 10.3. The van der Waals surface area contributed by atoms with Crippen LogP contribution in [-0.4, -0.2) is 34.8 Å². The summed E-state index contributed by atoms with van der Waals surface area (Å²) in [5.41, 5.74) is 5.57. The SMILES string of the molecule is CN(CCCn1ccc(N)n1)CCc1cccs1. The number of nitrogens with zero attached hydrogens (tertiary/aromatic N) is 3. The lowest BCUT2D eigenvalue weighted by molar-refractivity contribution is 0.323. The van der Waals surface area contributed by atoms with Crippen LogP contribution in [0.25, 0.3) is 0 Å². The number of anilines is 1. The molecule has 0 spiro atoms. The quantitative estimate of drug-likeness (QED) is 0.833. The predicted molar refractivity (Wildman–Crippen MR) is 76.8 cm³/mol. The third-order valence-corrected chi connectivity index (χ3v) is 3.84. The molecular weight excluding hydrogens is 244 g/mol. The number of aromatic nitrogens is 2. The summed E-state index contributed by atoms with van der Waals surface area (Å²) in [6.45, 7) is 3.13. The molecule has 0 radical (unpaired) electrons. The largest absolute Gasteiger partial charge is 0.382 e. The molecule has 0 unspecified atom stereocenters. The summed E-state index contributed by atoms with van der Waals surface area (Å²) in [5.74, 6) is 0.598. The Balaban J connectivity index is 1.61. The van der Waals surface area contributed by atoms with Gasteiger partial charge in [0.25, 0.3) is 0 Å². The molecule has 18 heavy (non-hydrogen) atoms. The summed E-state index contributed by atoms with van der Waals surface area (Å²) < 4.78 is 1.91. The number of aryl methyl sites for hydroxylation is 1. The van der Waals surface area contributed by atoms with E-state index in [0.29, 0.717) is 5.82 Å². The van der Waals surface area contributed by atoms with Gasteiger partial charge in [0.2, 0.25) is 0 Å². The summed E-state index contributed by atoms with van der Waals surface area (Å²) in [6.07, 6.45) is 4.17. The molecule has 4 nitrogen and oxygen atoms in total. The topological polar surface area (TPSA) is 47.1 Å². The Morgan fingerprint density at radius 2 is 2.28 bits per heavy atom. The van der Waals surface area contributed by atoms with Crippen LogP contribution >= 0.6 is 11.3 Å². The Labute approximate surface area is 112 Å². The second-order valence-corrected chi connectivity index (χ2v) is 5.52. The maximum atomic E-state index is 5.57. The van der Waals surface area contributed by atoms with Crippen LogP contribution in [0.2, 0.25) is 0 Å². The first-order chi connectivity index (χ1) is 8.74. The number of nitrogens with two attached hydrogens (primary N) is 1. The third-order valence-electron chi connectivity index (χ3n) is 2.91. The lowest BCUT2D eigenvalue weighted by Crippen LogP contribution is -2.23. The number of hydrogen-bond acceptors (Lipinski definition) is 4. The van der Waals surface area contributed by atoms with Gasteiger partial charge in [-0.05, 0) is 43.9 Å². The number of nitrogen functional groups attached to an aromatic ring is 1. The molecule has 0 amide bonds. The fourth-order valence-electron chi connectivity index (χ4n) is 1.87. The van der Waals surface area contributed by atoms with Gasteiger partial charge in [-0.3, -0.25) is 4.68 Å². The maximum Gasteiger partial charge on any atom is 0.145 e. The van der Waals surface area contributed by atoms with E-state index in [1.165, 1.54) is 4.88 Å². The molecule has 0 aliphatic carbocycles. The minimum atomic E-state index is 0.598. The van der Waals surface area contributed by atoms with Gasteiger partial charge in [0.1, 0.15) is 5.82 Å². The van der Waals surface area contributed by atoms with Crippen molar-refractivity contribution in [3.8, 4) is 0 Å².